The van der Waals surface area contributed by atoms with Crippen LogP contribution in [0.1, 0.15) is 12.0 Å². The highest BCUT2D eigenvalue weighted by atomic mass is 19.4. The van der Waals surface area contributed by atoms with E-state index < -0.39 is 11.7 Å². The summed E-state index contributed by atoms with van der Waals surface area (Å²) in [6.45, 7) is 0.869. The number of halogens is 3. The molecule has 0 radical (unpaired) electrons. The molecular formula is C11H13F3O2. The van der Waals surface area contributed by atoms with Crippen molar-refractivity contribution in [2.24, 2.45) is 0 Å². The van der Waals surface area contributed by atoms with Gasteiger partial charge in [-0.1, -0.05) is 6.07 Å². The number of hydrogen-bond acceptors (Lipinski definition) is 2. The van der Waals surface area contributed by atoms with Crippen LogP contribution >= 0.6 is 0 Å². The molecule has 0 aliphatic carbocycles. The molecule has 0 spiro atoms. The predicted octanol–water partition coefficient (Wildman–Crippen LogP) is 3.12. The van der Waals surface area contributed by atoms with Crippen molar-refractivity contribution in [2.45, 2.75) is 12.6 Å². The van der Waals surface area contributed by atoms with Crippen LogP contribution in [-0.2, 0) is 10.9 Å². The first-order valence-corrected chi connectivity index (χ1v) is 4.83. The molecule has 1 rings (SSSR count). The molecule has 0 fully saturated rings. The Labute approximate surface area is 92.0 Å². The van der Waals surface area contributed by atoms with Gasteiger partial charge in [0, 0.05) is 20.1 Å². The van der Waals surface area contributed by atoms with Gasteiger partial charge in [-0.2, -0.15) is 13.2 Å². The molecule has 0 aliphatic heterocycles. The van der Waals surface area contributed by atoms with E-state index in [1.807, 2.05) is 0 Å². The smallest absolute Gasteiger partial charge is 0.416 e. The van der Waals surface area contributed by atoms with Crippen LogP contribution in [0, 0.1) is 0 Å². The Hall–Kier alpha value is -1.23. The lowest BCUT2D eigenvalue weighted by Gasteiger charge is -2.09. The number of hydrogen-bond donors (Lipinski definition) is 0. The van der Waals surface area contributed by atoms with Crippen LogP contribution in [0.2, 0.25) is 0 Å². The van der Waals surface area contributed by atoms with Gasteiger partial charge in [-0.05, 0) is 18.2 Å². The van der Waals surface area contributed by atoms with Crippen molar-refractivity contribution < 1.29 is 22.6 Å². The molecule has 0 bridgehead atoms. The summed E-state index contributed by atoms with van der Waals surface area (Å²) in [6.07, 6.45) is -3.68. The highest BCUT2D eigenvalue weighted by Gasteiger charge is 2.30. The van der Waals surface area contributed by atoms with Gasteiger partial charge < -0.3 is 9.47 Å². The van der Waals surface area contributed by atoms with Crippen molar-refractivity contribution in [3.8, 4) is 5.75 Å². The molecule has 2 nitrogen and oxygen atoms in total. The minimum absolute atomic E-state index is 0.228. The molecule has 0 amide bonds. The summed E-state index contributed by atoms with van der Waals surface area (Å²) in [7, 11) is 1.56. The summed E-state index contributed by atoms with van der Waals surface area (Å²) in [5.41, 5.74) is -0.697. The fourth-order valence-electron chi connectivity index (χ4n) is 1.16. The summed E-state index contributed by atoms with van der Waals surface area (Å²) < 4.78 is 47.0. The maximum Gasteiger partial charge on any atom is 0.416 e. The Kier molecular flexibility index (Phi) is 4.61. The molecule has 5 heteroatoms. The van der Waals surface area contributed by atoms with E-state index in [1.54, 1.807) is 7.11 Å². The van der Waals surface area contributed by atoms with E-state index >= 15 is 0 Å². The van der Waals surface area contributed by atoms with Gasteiger partial charge in [0.1, 0.15) is 5.75 Å². The van der Waals surface area contributed by atoms with E-state index in [2.05, 4.69) is 0 Å². The summed E-state index contributed by atoms with van der Waals surface area (Å²) in [5.74, 6) is 0.228. The van der Waals surface area contributed by atoms with E-state index in [4.69, 9.17) is 9.47 Å². The average molecular weight is 234 g/mol. The second-order valence-electron chi connectivity index (χ2n) is 3.22. The van der Waals surface area contributed by atoms with Crippen molar-refractivity contribution in [1.29, 1.82) is 0 Å². The Morgan fingerprint density at radius 3 is 2.56 bits per heavy atom. The number of rotatable bonds is 5. The van der Waals surface area contributed by atoms with Crippen molar-refractivity contribution in [3.63, 3.8) is 0 Å². The van der Waals surface area contributed by atoms with Gasteiger partial charge >= 0.3 is 6.18 Å². The van der Waals surface area contributed by atoms with Crippen LogP contribution in [0.4, 0.5) is 13.2 Å². The monoisotopic (exact) mass is 234 g/mol. The summed E-state index contributed by atoms with van der Waals surface area (Å²) >= 11 is 0. The molecule has 90 valence electrons. The first-order chi connectivity index (χ1) is 7.54. The van der Waals surface area contributed by atoms with E-state index in [1.165, 1.54) is 12.1 Å². The summed E-state index contributed by atoms with van der Waals surface area (Å²) in [5, 5.41) is 0. The lowest BCUT2D eigenvalue weighted by molar-refractivity contribution is -0.137. The van der Waals surface area contributed by atoms with Gasteiger partial charge in [0.25, 0.3) is 0 Å². The lowest BCUT2D eigenvalue weighted by Crippen LogP contribution is -2.06. The van der Waals surface area contributed by atoms with Crippen LogP contribution in [0.5, 0.6) is 5.75 Å². The van der Waals surface area contributed by atoms with Gasteiger partial charge in [-0.25, -0.2) is 0 Å². The van der Waals surface area contributed by atoms with Crippen molar-refractivity contribution in [2.75, 3.05) is 20.3 Å². The SMILES string of the molecule is COCCCOc1cccc(C(F)(F)F)c1. The molecule has 0 N–H and O–H groups in total. The highest BCUT2D eigenvalue weighted by molar-refractivity contribution is 5.30. The zero-order chi connectivity index (χ0) is 12.0. The van der Waals surface area contributed by atoms with Gasteiger partial charge in [0.15, 0.2) is 0 Å². The first kappa shape index (κ1) is 12.8. The molecule has 0 atom stereocenters. The third-order valence-electron chi connectivity index (χ3n) is 1.92. The van der Waals surface area contributed by atoms with Crippen molar-refractivity contribution in [3.05, 3.63) is 29.8 Å². The summed E-state index contributed by atoms with van der Waals surface area (Å²) in [4.78, 5) is 0. The van der Waals surface area contributed by atoms with E-state index in [9.17, 15) is 13.2 Å². The lowest BCUT2D eigenvalue weighted by atomic mass is 10.2. The first-order valence-electron chi connectivity index (χ1n) is 4.83. The molecule has 1 aromatic carbocycles. The minimum Gasteiger partial charge on any atom is -0.493 e. The van der Waals surface area contributed by atoms with Crippen LogP contribution in [0.25, 0.3) is 0 Å². The van der Waals surface area contributed by atoms with Crippen LogP contribution < -0.4 is 4.74 Å². The van der Waals surface area contributed by atoms with Crippen LogP contribution in [-0.4, -0.2) is 20.3 Å². The number of alkyl halides is 3. The van der Waals surface area contributed by atoms with E-state index in [0.29, 0.717) is 19.6 Å². The fourth-order valence-corrected chi connectivity index (χ4v) is 1.16. The normalized spacial score (nSPS) is 11.5. The van der Waals surface area contributed by atoms with Gasteiger partial charge in [0.2, 0.25) is 0 Å². The van der Waals surface area contributed by atoms with E-state index in [-0.39, 0.29) is 5.75 Å². The van der Waals surface area contributed by atoms with E-state index in [0.717, 1.165) is 12.1 Å². The molecule has 0 saturated carbocycles. The molecule has 16 heavy (non-hydrogen) atoms. The highest BCUT2D eigenvalue weighted by Crippen LogP contribution is 2.31. The minimum atomic E-state index is -4.33. The second-order valence-corrected chi connectivity index (χ2v) is 3.22. The Balaban J connectivity index is 2.54. The third kappa shape index (κ3) is 4.10. The third-order valence-corrected chi connectivity index (χ3v) is 1.92. The number of ether oxygens (including phenoxy) is 2. The number of benzene rings is 1. The standard InChI is InChI=1S/C11H13F3O2/c1-15-6-3-7-16-10-5-2-4-9(8-10)11(12,13)14/h2,4-5,8H,3,6-7H2,1H3. The largest absolute Gasteiger partial charge is 0.493 e. The fraction of sp³-hybridized carbons (Fsp3) is 0.455. The van der Waals surface area contributed by atoms with Gasteiger partial charge in [0.05, 0.1) is 12.2 Å². The Morgan fingerprint density at radius 1 is 1.19 bits per heavy atom. The molecule has 0 heterocycles. The zero-order valence-corrected chi connectivity index (χ0v) is 8.88. The molecule has 0 aromatic heterocycles. The Morgan fingerprint density at radius 2 is 1.94 bits per heavy atom. The second kappa shape index (κ2) is 5.75. The quantitative estimate of drug-likeness (QED) is 0.729. The molecule has 0 unspecified atom stereocenters. The molecule has 0 saturated heterocycles. The molecule has 1 aromatic rings. The van der Waals surface area contributed by atoms with Crippen LogP contribution in [0.3, 0.4) is 0 Å². The number of methoxy groups -OCH3 is 1. The molecule has 0 aliphatic rings. The van der Waals surface area contributed by atoms with Gasteiger partial charge in [-0.3, -0.25) is 0 Å². The maximum absolute atomic E-state index is 12.3. The van der Waals surface area contributed by atoms with Crippen molar-refractivity contribution in [1.82, 2.24) is 0 Å². The molecular weight excluding hydrogens is 221 g/mol. The maximum atomic E-state index is 12.3. The topological polar surface area (TPSA) is 18.5 Å². The summed E-state index contributed by atoms with van der Waals surface area (Å²) in [6, 6.07) is 4.84. The average Bonchev–Trinajstić information content (AvgIpc) is 2.24. The predicted molar refractivity (Wildman–Crippen MR) is 53.4 cm³/mol. The van der Waals surface area contributed by atoms with Crippen LogP contribution in [0.15, 0.2) is 24.3 Å². The van der Waals surface area contributed by atoms with Crippen molar-refractivity contribution >= 4 is 0 Å². The van der Waals surface area contributed by atoms with Gasteiger partial charge in [-0.15, -0.1) is 0 Å². The Bertz CT molecular complexity index is 323. The zero-order valence-electron chi connectivity index (χ0n) is 8.88.